The van der Waals surface area contributed by atoms with Crippen LogP contribution in [0.2, 0.25) is 0 Å². The Hall–Kier alpha value is -1.58. The molecule has 4 nitrogen and oxygen atoms in total. The number of aliphatic carboxylic acids is 2. The van der Waals surface area contributed by atoms with Gasteiger partial charge < -0.3 is 10.2 Å². The first-order valence-corrected chi connectivity index (χ1v) is 9.90. The van der Waals surface area contributed by atoms with Crippen LogP contribution >= 0.6 is 0 Å². The summed E-state index contributed by atoms with van der Waals surface area (Å²) in [7, 11) is 0. The standard InChI is InChI=1S/C21H36O4/c1-2-3-4-5-6-7-8-9-10-11-12-13-14-15-19(18-21(24)25)16-17-20(22)23/h16-18H,2-15H2,1H3,(H,22,23)(H,24,25)/b17-16+,19-18-. The first-order valence-electron chi connectivity index (χ1n) is 9.90. The van der Waals surface area contributed by atoms with Crippen molar-refractivity contribution >= 4 is 11.9 Å². The van der Waals surface area contributed by atoms with Crippen LogP contribution in [0, 0.1) is 0 Å². The van der Waals surface area contributed by atoms with Gasteiger partial charge in [-0.2, -0.15) is 0 Å². The molecule has 144 valence electrons. The number of hydrogen-bond acceptors (Lipinski definition) is 2. The van der Waals surface area contributed by atoms with Crippen molar-refractivity contribution in [1.29, 1.82) is 0 Å². The van der Waals surface area contributed by atoms with Crippen LogP contribution in [-0.4, -0.2) is 22.2 Å². The van der Waals surface area contributed by atoms with E-state index in [1.165, 1.54) is 76.7 Å². The maximum absolute atomic E-state index is 10.7. The van der Waals surface area contributed by atoms with Gasteiger partial charge in [0, 0.05) is 12.2 Å². The Morgan fingerprint density at radius 1 is 0.640 bits per heavy atom. The quantitative estimate of drug-likeness (QED) is 0.188. The van der Waals surface area contributed by atoms with E-state index in [9.17, 15) is 9.59 Å². The zero-order valence-corrected chi connectivity index (χ0v) is 15.8. The maximum atomic E-state index is 10.7. The lowest BCUT2D eigenvalue weighted by Gasteiger charge is -2.04. The molecule has 0 unspecified atom stereocenters. The lowest BCUT2D eigenvalue weighted by atomic mass is 10.0. The zero-order valence-electron chi connectivity index (χ0n) is 15.8. The minimum absolute atomic E-state index is 0.568. The molecule has 0 bridgehead atoms. The molecule has 2 N–H and O–H groups in total. The molecule has 0 aromatic carbocycles. The largest absolute Gasteiger partial charge is 0.478 e. The molecular formula is C21H36O4. The number of allylic oxidation sites excluding steroid dienone is 2. The molecule has 0 fully saturated rings. The molecule has 0 aromatic heterocycles. The summed E-state index contributed by atoms with van der Waals surface area (Å²) in [5.74, 6) is -2.08. The molecule has 0 spiro atoms. The van der Waals surface area contributed by atoms with E-state index in [0.29, 0.717) is 12.0 Å². The van der Waals surface area contributed by atoms with Gasteiger partial charge in [0.25, 0.3) is 0 Å². The van der Waals surface area contributed by atoms with Gasteiger partial charge in [0.15, 0.2) is 0 Å². The molecule has 0 atom stereocenters. The Balaban J connectivity index is 3.57. The number of carboxylic acid groups (broad SMARTS) is 2. The minimum atomic E-state index is -1.05. The second-order valence-corrected chi connectivity index (χ2v) is 6.72. The van der Waals surface area contributed by atoms with Crippen molar-refractivity contribution in [3.05, 3.63) is 23.8 Å². The number of unbranched alkanes of at least 4 members (excludes halogenated alkanes) is 12. The SMILES string of the molecule is CCCCCCCCCCCCCCCC(=C/C(=O)O)/C=C/C(=O)O. The molecular weight excluding hydrogens is 316 g/mol. The second kappa shape index (κ2) is 17.2. The lowest BCUT2D eigenvalue weighted by molar-refractivity contribution is -0.132. The summed E-state index contributed by atoms with van der Waals surface area (Å²) in [6.07, 6.45) is 20.6. The first kappa shape index (κ1) is 23.4. The molecule has 25 heavy (non-hydrogen) atoms. The summed E-state index contributed by atoms with van der Waals surface area (Å²) in [4.78, 5) is 21.2. The van der Waals surface area contributed by atoms with Crippen molar-refractivity contribution in [2.45, 2.75) is 96.8 Å². The summed E-state index contributed by atoms with van der Waals surface area (Å²) in [6, 6.07) is 0. The topological polar surface area (TPSA) is 74.6 Å². The number of hydrogen-bond donors (Lipinski definition) is 2. The molecule has 0 aliphatic heterocycles. The highest BCUT2D eigenvalue weighted by Crippen LogP contribution is 2.15. The Kier molecular flexibility index (Phi) is 16.2. The summed E-state index contributed by atoms with van der Waals surface area (Å²) >= 11 is 0. The lowest BCUT2D eigenvalue weighted by Crippen LogP contribution is -1.93. The average molecular weight is 353 g/mol. The van der Waals surface area contributed by atoms with E-state index < -0.39 is 11.9 Å². The maximum Gasteiger partial charge on any atom is 0.328 e. The van der Waals surface area contributed by atoms with E-state index in [4.69, 9.17) is 10.2 Å². The third-order valence-corrected chi connectivity index (χ3v) is 4.32. The minimum Gasteiger partial charge on any atom is -0.478 e. The van der Waals surface area contributed by atoms with Gasteiger partial charge in [-0.05, 0) is 18.4 Å². The van der Waals surface area contributed by atoms with Crippen LogP contribution < -0.4 is 0 Å². The average Bonchev–Trinajstić information content (AvgIpc) is 2.56. The Morgan fingerprint density at radius 2 is 1.08 bits per heavy atom. The fourth-order valence-corrected chi connectivity index (χ4v) is 2.89. The molecule has 0 aliphatic carbocycles. The summed E-state index contributed by atoms with van der Waals surface area (Å²) in [6.45, 7) is 2.25. The Bertz CT molecular complexity index is 410. The summed E-state index contributed by atoms with van der Waals surface area (Å²) < 4.78 is 0. The van der Waals surface area contributed by atoms with Crippen molar-refractivity contribution in [3.63, 3.8) is 0 Å². The van der Waals surface area contributed by atoms with E-state index in [1.54, 1.807) is 0 Å². The molecule has 0 saturated carbocycles. The molecule has 0 aliphatic rings. The highest BCUT2D eigenvalue weighted by atomic mass is 16.4. The summed E-state index contributed by atoms with van der Waals surface area (Å²) in [5.41, 5.74) is 0.568. The molecule has 0 rings (SSSR count). The van der Waals surface area contributed by atoms with Crippen LogP contribution in [-0.2, 0) is 9.59 Å². The van der Waals surface area contributed by atoms with Crippen LogP contribution in [0.15, 0.2) is 23.8 Å². The van der Waals surface area contributed by atoms with Crippen molar-refractivity contribution in [3.8, 4) is 0 Å². The third-order valence-electron chi connectivity index (χ3n) is 4.32. The Morgan fingerprint density at radius 3 is 1.48 bits per heavy atom. The van der Waals surface area contributed by atoms with Gasteiger partial charge in [0.2, 0.25) is 0 Å². The molecule has 0 heterocycles. The van der Waals surface area contributed by atoms with Gasteiger partial charge in [0.1, 0.15) is 0 Å². The predicted octanol–water partition coefficient (Wildman–Crippen LogP) is 6.12. The zero-order chi connectivity index (χ0) is 18.8. The molecule has 0 saturated heterocycles. The normalized spacial score (nSPS) is 12.0. The van der Waals surface area contributed by atoms with Gasteiger partial charge >= 0.3 is 11.9 Å². The van der Waals surface area contributed by atoms with Crippen molar-refractivity contribution < 1.29 is 19.8 Å². The van der Waals surface area contributed by atoms with E-state index in [-0.39, 0.29) is 0 Å². The van der Waals surface area contributed by atoms with Crippen molar-refractivity contribution in [2.24, 2.45) is 0 Å². The van der Waals surface area contributed by atoms with E-state index in [1.807, 2.05) is 0 Å². The van der Waals surface area contributed by atoms with Gasteiger partial charge in [-0.1, -0.05) is 90.0 Å². The van der Waals surface area contributed by atoms with Crippen LogP contribution in [0.5, 0.6) is 0 Å². The van der Waals surface area contributed by atoms with Crippen LogP contribution in [0.4, 0.5) is 0 Å². The molecule has 0 aromatic rings. The van der Waals surface area contributed by atoms with Crippen LogP contribution in [0.3, 0.4) is 0 Å². The number of carbonyl (C=O) groups is 2. The molecule has 0 radical (unpaired) electrons. The fourth-order valence-electron chi connectivity index (χ4n) is 2.89. The third kappa shape index (κ3) is 18.6. The van der Waals surface area contributed by atoms with Gasteiger partial charge in [-0.3, -0.25) is 0 Å². The van der Waals surface area contributed by atoms with Gasteiger partial charge in [-0.15, -0.1) is 0 Å². The Labute approximate surface area is 153 Å². The number of carboxylic acids is 2. The van der Waals surface area contributed by atoms with Gasteiger partial charge in [0.05, 0.1) is 0 Å². The van der Waals surface area contributed by atoms with E-state index in [2.05, 4.69) is 6.92 Å². The van der Waals surface area contributed by atoms with Crippen LogP contribution in [0.25, 0.3) is 0 Å². The van der Waals surface area contributed by atoms with E-state index >= 15 is 0 Å². The van der Waals surface area contributed by atoms with Crippen LogP contribution in [0.1, 0.15) is 96.8 Å². The smallest absolute Gasteiger partial charge is 0.328 e. The second-order valence-electron chi connectivity index (χ2n) is 6.72. The van der Waals surface area contributed by atoms with E-state index in [0.717, 1.165) is 25.0 Å². The highest BCUT2D eigenvalue weighted by molar-refractivity contribution is 5.83. The fraction of sp³-hybridized carbons (Fsp3) is 0.714. The predicted molar refractivity (Wildman–Crippen MR) is 103 cm³/mol. The number of rotatable bonds is 17. The molecule has 0 amide bonds. The first-order chi connectivity index (χ1) is 12.1. The monoisotopic (exact) mass is 352 g/mol. The molecule has 4 heteroatoms. The highest BCUT2D eigenvalue weighted by Gasteiger charge is 1.99. The van der Waals surface area contributed by atoms with Crippen molar-refractivity contribution in [1.82, 2.24) is 0 Å². The summed E-state index contributed by atoms with van der Waals surface area (Å²) in [5, 5.41) is 17.4. The van der Waals surface area contributed by atoms with Crippen molar-refractivity contribution in [2.75, 3.05) is 0 Å². The van der Waals surface area contributed by atoms with Gasteiger partial charge in [-0.25, -0.2) is 9.59 Å².